The van der Waals surface area contributed by atoms with Crippen LogP contribution in [0.2, 0.25) is 0 Å². The van der Waals surface area contributed by atoms with Gasteiger partial charge in [0.2, 0.25) is 5.91 Å². The summed E-state index contributed by atoms with van der Waals surface area (Å²) in [5.74, 6) is 0.761. The van der Waals surface area contributed by atoms with Gasteiger partial charge in [-0.05, 0) is 30.6 Å². The molecule has 1 amide bonds. The Morgan fingerprint density at radius 3 is 2.53 bits per heavy atom. The smallest absolute Gasteiger partial charge is 0.220 e. The monoisotopic (exact) mass is 231 g/mol. The second-order valence-corrected chi connectivity index (χ2v) is 6.44. The lowest BCUT2D eigenvalue weighted by molar-refractivity contribution is -0.122. The normalized spacial score (nSPS) is 26.7. The van der Waals surface area contributed by atoms with E-state index in [0.717, 1.165) is 25.8 Å². The summed E-state index contributed by atoms with van der Waals surface area (Å²) in [4.78, 5) is 11.6. The fourth-order valence-electron chi connectivity index (χ4n) is 2.00. The molecular weight excluding hydrogens is 210 g/mol. The van der Waals surface area contributed by atoms with Crippen LogP contribution in [-0.2, 0) is 4.79 Å². The Balaban J connectivity index is 2.17. The number of alkyl halides is 1. The van der Waals surface area contributed by atoms with Crippen molar-refractivity contribution in [1.29, 1.82) is 0 Å². The van der Waals surface area contributed by atoms with E-state index in [9.17, 15) is 4.79 Å². The van der Waals surface area contributed by atoms with Gasteiger partial charge in [-0.15, -0.1) is 11.6 Å². The summed E-state index contributed by atoms with van der Waals surface area (Å²) >= 11 is 6.02. The van der Waals surface area contributed by atoms with Crippen LogP contribution in [0.25, 0.3) is 0 Å². The molecule has 1 fully saturated rings. The van der Waals surface area contributed by atoms with Crippen LogP contribution in [0.15, 0.2) is 0 Å². The largest absolute Gasteiger partial charge is 0.356 e. The predicted octanol–water partition coefficient (Wildman–Crippen LogP) is 2.95. The van der Waals surface area contributed by atoms with Crippen LogP contribution in [0.3, 0.4) is 0 Å². The molecule has 1 aliphatic rings. The molecule has 0 aromatic carbocycles. The lowest BCUT2D eigenvalue weighted by Gasteiger charge is -2.18. The molecule has 15 heavy (non-hydrogen) atoms. The highest BCUT2D eigenvalue weighted by molar-refractivity contribution is 6.20. The van der Waals surface area contributed by atoms with Crippen LogP contribution < -0.4 is 5.32 Å². The van der Waals surface area contributed by atoms with Crippen molar-refractivity contribution in [2.75, 3.05) is 6.54 Å². The molecule has 0 saturated heterocycles. The third-order valence-corrected chi connectivity index (χ3v) is 3.15. The SMILES string of the molecule is CC(C)(C)CC(=O)NCC1CCC(Cl)C1. The van der Waals surface area contributed by atoms with Crippen molar-refractivity contribution in [3.05, 3.63) is 0 Å². The maximum atomic E-state index is 11.6. The highest BCUT2D eigenvalue weighted by Crippen LogP contribution is 2.28. The van der Waals surface area contributed by atoms with Gasteiger partial charge in [-0.3, -0.25) is 4.79 Å². The Morgan fingerprint density at radius 1 is 1.40 bits per heavy atom. The van der Waals surface area contributed by atoms with Crippen molar-refractivity contribution >= 4 is 17.5 Å². The van der Waals surface area contributed by atoms with Crippen molar-refractivity contribution in [3.63, 3.8) is 0 Å². The lowest BCUT2D eigenvalue weighted by Crippen LogP contribution is -2.31. The van der Waals surface area contributed by atoms with Gasteiger partial charge in [0.15, 0.2) is 0 Å². The summed E-state index contributed by atoms with van der Waals surface area (Å²) < 4.78 is 0. The molecule has 0 heterocycles. The van der Waals surface area contributed by atoms with E-state index < -0.39 is 0 Å². The molecular formula is C12H22ClNO. The highest BCUT2D eigenvalue weighted by atomic mass is 35.5. The van der Waals surface area contributed by atoms with Gasteiger partial charge in [0.1, 0.15) is 0 Å². The zero-order valence-electron chi connectivity index (χ0n) is 9.98. The minimum absolute atomic E-state index is 0.0782. The van der Waals surface area contributed by atoms with Crippen LogP contribution in [-0.4, -0.2) is 17.8 Å². The zero-order valence-corrected chi connectivity index (χ0v) is 10.7. The van der Waals surface area contributed by atoms with Crippen LogP contribution in [0.5, 0.6) is 0 Å². The summed E-state index contributed by atoms with van der Waals surface area (Å²) in [5.41, 5.74) is 0.0782. The molecule has 0 radical (unpaired) electrons. The van der Waals surface area contributed by atoms with E-state index >= 15 is 0 Å². The Bertz CT molecular complexity index is 222. The van der Waals surface area contributed by atoms with E-state index in [1.807, 2.05) is 0 Å². The van der Waals surface area contributed by atoms with E-state index in [1.54, 1.807) is 0 Å². The van der Waals surface area contributed by atoms with E-state index in [0.29, 0.717) is 17.7 Å². The van der Waals surface area contributed by atoms with Crippen molar-refractivity contribution in [2.45, 2.75) is 51.8 Å². The number of hydrogen-bond acceptors (Lipinski definition) is 1. The molecule has 2 unspecified atom stereocenters. The average molecular weight is 232 g/mol. The number of halogens is 1. The maximum Gasteiger partial charge on any atom is 0.220 e. The molecule has 3 heteroatoms. The second kappa shape index (κ2) is 5.20. The lowest BCUT2D eigenvalue weighted by atomic mass is 9.92. The average Bonchev–Trinajstić information content (AvgIpc) is 2.45. The molecule has 0 aromatic rings. The van der Waals surface area contributed by atoms with Gasteiger partial charge in [0.05, 0.1) is 0 Å². The van der Waals surface area contributed by atoms with Crippen molar-refractivity contribution < 1.29 is 4.79 Å². The molecule has 0 aliphatic heterocycles. The van der Waals surface area contributed by atoms with Gasteiger partial charge in [-0.2, -0.15) is 0 Å². The molecule has 2 nitrogen and oxygen atoms in total. The van der Waals surface area contributed by atoms with Gasteiger partial charge >= 0.3 is 0 Å². The van der Waals surface area contributed by atoms with Crippen molar-refractivity contribution in [2.24, 2.45) is 11.3 Å². The van der Waals surface area contributed by atoms with Gasteiger partial charge in [-0.25, -0.2) is 0 Å². The summed E-state index contributed by atoms with van der Waals surface area (Å²) in [6.45, 7) is 7.04. The molecule has 1 aliphatic carbocycles. The highest BCUT2D eigenvalue weighted by Gasteiger charge is 2.23. The summed E-state index contributed by atoms with van der Waals surface area (Å²) in [6, 6.07) is 0. The van der Waals surface area contributed by atoms with Gasteiger partial charge in [0.25, 0.3) is 0 Å². The van der Waals surface area contributed by atoms with Crippen LogP contribution >= 0.6 is 11.6 Å². The second-order valence-electron chi connectivity index (χ2n) is 5.82. The molecule has 88 valence electrons. The van der Waals surface area contributed by atoms with E-state index in [2.05, 4.69) is 26.1 Å². The molecule has 2 atom stereocenters. The van der Waals surface area contributed by atoms with Gasteiger partial charge < -0.3 is 5.32 Å². The molecule has 1 N–H and O–H groups in total. The first-order valence-corrected chi connectivity index (χ1v) is 6.21. The number of hydrogen-bond donors (Lipinski definition) is 1. The summed E-state index contributed by atoms with van der Waals surface area (Å²) in [7, 11) is 0. The van der Waals surface area contributed by atoms with Crippen molar-refractivity contribution in [3.8, 4) is 0 Å². The quantitative estimate of drug-likeness (QED) is 0.744. The van der Waals surface area contributed by atoms with Gasteiger partial charge in [0, 0.05) is 18.3 Å². The summed E-state index contributed by atoms with van der Waals surface area (Å²) in [5, 5.41) is 3.33. The Kier molecular flexibility index (Phi) is 4.45. The predicted molar refractivity (Wildman–Crippen MR) is 64.1 cm³/mol. The maximum absolute atomic E-state index is 11.6. The molecule has 0 aromatic heterocycles. The standard InChI is InChI=1S/C12H22ClNO/c1-12(2,3)7-11(15)14-8-9-4-5-10(13)6-9/h9-10H,4-8H2,1-3H3,(H,14,15). The molecule has 1 rings (SSSR count). The Labute approximate surface area is 97.8 Å². The number of carbonyl (C=O) groups excluding carboxylic acids is 1. The first-order valence-electron chi connectivity index (χ1n) is 5.77. The molecule has 1 saturated carbocycles. The number of rotatable bonds is 3. The van der Waals surface area contributed by atoms with Crippen LogP contribution in [0, 0.1) is 11.3 Å². The van der Waals surface area contributed by atoms with Crippen LogP contribution in [0.1, 0.15) is 46.5 Å². The minimum atomic E-state index is 0.0782. The summed E-state index contributed by atoms with van der Waals surface area (Å²) in [6.07, 6.45) is 3.91. The van der Waals surface area contributed by atoms with E-state index in [4.69, 9.17) is 11.6 Å². The first kappa shape index (κ1) is 12.8. The number of carbonyl (C=O) groups is 1. The molecule has 0 bridgehead atoms. The van der Waals surface area contributed by atoms with E-state index in [1.165, 1.54) is 0 Å². The Hall–Kier alpha value is -0.240. The zero-order chi connectivity index (χ0) is 11.5. The third-order valence-electron chi connectivity index (χ3n) is 2.76. The Morgan fingerprint density at radius 2 is 2.07 bits per heavy atom. The fourth-order valence-corrected chi connectivity index (χ4v) is 2.38. The molecule has 0 spiro atoms. The topological polar surface area (TPSA) is 29.1 Å². The number of nitrogens with one attached hydrogen (secondary N) is 1. The van der Waals surface area contributed by atoms with Gasteiger partial charge in [-0.1, -0.05) is 20.8 Å². The third kappa shape index (κ3) is 5.41. The first-order chi connectivity index (χ1) is 6.87. The van der Waals surface area contributed by atoms with E-state index in [-0.39, 0.29) is 11.3 Å². The fraction of sp³-hybridized carbons (Fsp3) is 0.917. The van der Waals surface area contributed by atoms with Crippen LogP contribution in [0.4, 0.5) is 0 Å². The number of amides is 1. The van der Waals surface area contributed by atoms with Crippen molar-refractivity contribution in [1.82, 2.24) is 5.32 Å². The minimum Gasteiger partial charge on any atom is -0.356 e.